The van der Waals surface area contributed by atoms with E-state index >= 15 is 0 Å². The van der Waals surface area contributed by atoms with E-state index in [-0.39, 0.29) is 23.7 Å². The molecule has 0 aromatic heterocycles. The summed E-state index contributed by atoms with van der Waals surface area (Å²) >= 11 is 6.21. The summed E-state index contributed by atoms with van der Waals surface area (Å²) in [7, 11) is 0. The van der Waals surface area contributed by atoms with Gasteiger partial charge in [0.05, 0.1) is 12.5 Å². The van der Waals surface area contributed by atoms with Gasteiger partial charge in [-0.3, -0.25) is 9.59 Å². The van der Waals surface area contributed by atoms with E-state index in [0.29, 0.717) is 24.6 Å². The van der Waals surface area contributed by atoms with Crippen molar-refractivity contribution in [3.63, 3.8) is 0 Å². The lowest BCUT2D eigenvalue weighted by atomic mass is 9.92. The lowest BCUT2D eigenvalue weighted by Gasteiger charge is -2.34. The third-order valence-corrected chi connectivity index (χ3v) is 5.10. The number of anilines is 1. The molecule has 2 aliphatic heterocycles. The van der Waals surface area contributed by atoms with E-state index in [9.17, 15) is 9.59 Å². The molecule has 1 atom stereocenters. The van der Waals surface area contributed by atoms with Crippen LogP contribution in [0, 0.1) is 5.92 Å². The molecule has 1 N–H and O–H groups in total. The molecule has 5 nitrogen and oxygen atoms in total. The first-order valence-electron chi connectivity index (χ1n) is 8.56. The zero-order chi connectivity index (χ0) is 17.1. The summed E-state index contributed by atoms with van der Waals surface area (Å²) in [6, 6.07) is 5.89. The van der Waals surface area contributed by atoms with Crippen molar-refractivity contribution in [3.05, 3.63) is 28.8 Å². The van der Waals surface area contributed by atoms with E-state index in [1.807, 2.05) is 25.1 Å². The average molecular weight is 351 g/mol. The van der Waals surface area contributed by atoms with E-state index in [4.69, 9.17) is 16.3 Å². The number of amides is 1. The SMILES string of the molecule is CCOC(=O)C1CCN(c2cc(Cl)ccc2[C@H]2CNC(=O)C2)CC1. The molecule has 0 bridgehead atoms. The van der Waals surface area contributed by atoms with Gasteiger partial charge in [0.2, 0.25) is 5.91 Å². The van der Waals surface area contributed by atoms with Crippen molar-refractivity contribution >= 4 is 29.2 Å². The Kier molecular flexibility index (Phi) is 5.29. The number of benzene rings is 1. The fourth-order valence-corrected chi connectivity index (χ4v) is 3.74. The Morgan fingerprint density at radius 2 is 2.12 bits per heavy atom. The van der Waals surface area contributed by atoms with Crippen LogP contribution in [0.1, 0.15) is 37.7 Å². The van der Waals surface area contributed by atoms with Crippen molar-refractivity contribution in [2.24, 2.45) is 5.92 Å². The van der Waals surface area contributed by atoms with Gasteiger partial charge in [0, 0.05) is 42.7 Å². The number of ether oxygens (including phenoxy) is 1. The summed E-state index contributed by atoms with van der Waals surface area (Å²) in [6.07, 6.45) is 2.09. The van der Waals surface area contributed by atoms with Crippen LogP contribution in [0.3, 0.4) is 0 Å². The molecule has 0 radical (unpaired) electrons. The molecule has 0 saturated carbocycles. The van der Waals surface area contributed by atoms with E-state index < -0.39 is 0 Å². The largest absolute Gasteiger partial charge is 0.466 e. The number of hydrogen-bond acceptors (Lipinski definition) is 4. The normalized spacial score (nSPS) is 21.7. The van der Waals surface area contributed by atoms with E-state index in [0.717, 1.165) is 37.2 Å². The second-order valence-electron chi connectivity index (χ2n) is 6.42. The minimum Gasteiger partial charge on any atom is -0.466 e. The molecule has 0 unspecified atom stereocenters. The van der Waals surface area contributed by atoms with E-state index in [1.165, 1.54) is 0 Å². The number of halogens is 1. The number of nitrogens with zero attached hydrogens (tertiary/aromatic N) is 1. The number of piperidine rings is 1. The topological polar surface area (TPSA) is 58.6 Å². The molecule has 2 fully saturated rings. The monoisotopic (exact) mass is 350 g/mol. The molecule has 130 valence electrons. The number of hydrogen-bond donors (Lipinski definition) is 1. The van der Waals surface area contributed by atoms with Gasteiger partial charge in [-0.05, 0) is 37.5 Å². The van der Waals surface area contributed by atoms with Gasteiger partial charge < -0.3 is 15.0 Å². The fourth-order valence-electron chi connectivity index (χ4n) is 3.58. The molecular formula is C18H23ClN2O3. The summed E-state index contributed by atoms with van der Waals surface area (Å²) in [5, 5.41) is 3.59. The molecule has 1 aromatic rings. The molecule has 2 saturated heterocycles. The van der Waals surface area contributed by atoms with Crippen LogP contribution in [-0.4, -0.2) is 38.1 Å². The van der Waals surface area contributed by atoms with Crippen LogP contribution < -0.4 is 10.2 Å². The van der Waals surface area contributed by atoms with Crippen molar-refractivity contribution in [1.82, 2.24) is 5.32 Å². The van der Waals surface area contributed by atoms with Crippen LogP contribution in [0.5, 0.6) is 0 Å². The van der Waals surface area contributed by atoms with Crippen molar-refractivity contribution in [3.8, 4) is 0 Å². The highest BCUT2D eigenvalue weighted by atomic mass is 35.5. The van der Waals surface area contributed by atoms with Crippen molar-refractivity contribution in [2.75, 3.05) is 31.1 Å². The van der Waals surface area contributed by atoms with E-state index in [1.54, 1.807) is 0 Å². The Morgan fingerprint density at radius 3 is 2.75 bits per heavy atom. The van der Waals surface area contributed by atoms with Crippen LogP contribution in [0.15, 0.2) is 18.2 Å². The maximum Gasteiger partial charge on any atom is 0.309 e. The summed E-state index contributed by atoms with van der Waals surface area (Å²) in [4.78, 5) is 25.7. The molecular weight excluding hydrogens is 328 g/mol. The third-order valence-electron chi connectivity index (χ3n) is 4.87. The lowest BCUT2D eigenvalue weighted by Crippen LogP contribution is -2.37. The second kappa shape index (κ2) is 7.43. The van der Waals surface area contributed by atoms with Crippen molar-refractivity contribution in [1.29, 1.82) is 0 Å². The minimum atomic E-state index is -0.0888. The maximum atomic E-state index is 11.9. The average Bonchev–Trinajstić information content (AvgIpc) is 3.01. The maximum absolute atomic E-state index is 11.9. The van der Waals surface area contributed by atoms with E-state index in [2.05, 4.69) is 10.2 Å². The van der Waals surface area contributed by atoms with Crippen LogP contribution in [0.4, 0.5) is 5.69 Å². The minimum absolute atomic E-state index is 0.0152. The quantitative estimate of drug-likeness (QED) is 0.848. The molecule has 1 aromatic carbocycles. The highest BCUT2D eigenvalue weighted by molar-refractivity contribution is 6.30. The number of carbonyl (C=O) groups is 2. The molecule has 2 aliphatic rings. The molecule has 1 amide bonds. The van der Waals surface area contributed by atoms with Crippen LogP contribution in [0.25, 0.3) is 0 Å². The van der Waals surface area contributed by atoms with Crippen molar-refractivity contribution in [2.45, 2.75) is 32.1 Å². The van der Waals surface area contributed by atoms with Crippen LogP contribution in [-0.2, 0) is 14.3 Å². The standard InChI is InChI=1S/C18H23ClN2O3/c1-2-24-18(23)12-5-7-21(8-6-12)16-10-14(19)3-4-15(16)13-9-17(22)20-11-13/h3-4,10,12-13H,2,5-9,11H2,1H3,(H,20,22)/t13-/m1/s1. The van der Waals surface area contributed by atoms with Crippen LogP contribution >= 0.6 is 11.6 Å². The number of carbonyl (C=O) groups excluding carboxylic acids is 2. The van der Waals surface area contributed by atoms with Gasteiger partial charge >= 0.3 is 5.97 Å². The summed E-state index contributed by atoms with van der Waals surface area (Å²) < 4.78 is 5.13. The number of esters is 1. The Hall–Kier alpha value is -1.75. The Morgan fingerprint density at radius 1 is 1.38 bits per heavy atom. The Bertz CT molecular complexity index is 627. The van der Waals surface area contributed by atoms with Gasteiger partial charge in [-0.2, -0.15) is 0 Å². The first-order valence-corrected chi connectivity index (χ1v) is 8.94. The zero-order valence-electron chi connectivity index (χ0n) is 13.9. The molecule has 0 aliphatic carbocycles. The van der Waals surface area contributed by atoms with Gasteiger partial charge in [0.25, 0.3) is 0 Å². The number of nitrogens with one attached hydrogen (secondary N) is 1. The predicted molar refractivity (Wildman–Crippen MR) is 93.4 cm³/mol. The summed E-state index contributed by atoms with van der Waals surface area (Å²) in [6.45, 7) is 4.53. The first-order chi connectivity index (χ1) is 11.6. The van der Waals surface area contributed by atoms with Crippen LogP contribution in [0.2, 0.25) is 5.02 Å². The van der Waals surface area contributed by atoms with Gasteiger partial charge in [-0.1, -0.05) is 17.7 Å². The lowest BCUT2D eigenvalue weighted by molar-refractivity contribution is -0.148. The molecule has 0 spiro atoms. The van der Waals surface area contributed by atoms with Gasteiger partial charge in [0.1, 0.15) is 0 Å². The summed E-state index contributed by atoms with van der Waals surface area (Å²) in [5.74, 6) is 0.182. The van der Waals surface area contributed by atoms with Gasteiger partial charge in [0.15, 0.2) is 0 Å². The zero-order valence-corrected chi connectivity index (χ0v) is 14.6. The van der Waals surface area contributed by atoms with Gasteiger partial charge in [-0.25, -0.2) is 0 Å². The molecule has 3 rings (SSSR count). The highest BCUT2D eigenvalue weighted by Crippen LogP contribution is 2.36. The predicted octanol–water partition coefficient (Wildman–Crippen LogP) is 2.72. The van der Waals surface area contributed by atoms with Gasteiger partial charge in [-0.15, -0.1) is 0 Å². The van der Waals surface area contributed by atoms with Crippen molar-refractivity contribution < 1.29 is 14.3 Å². The smallest absolute Gasteiger partial charge is 0.309 e. The number of rotatable bonds is 4. The molecule has 6 heteroatoms. The fraction of sp³-hybridized carbons (Fsp3) is 0.556. The molecule has 2 heterocycles. The molecule has 24 heavy (non-hydrogen) atoms. The Balaban J connectivity index is 1.74. The second-order valence-corrected chi connectivity index (χ2v) is 6.86. The third kappa shape index (κ3) is 3.66. The first kappa shape index (κ1) is 17.1. The highest BCUT2D eigenvalue weighted by Gasteiger charge is 2.30. The summed E-state index contributed by atoms with van der Waals surface area (Å²) in [5.41, 5.74) is 2.25. The Labute approximate surface area is 147 Å².